The Balaban J connectivity index is 1.97. The number of halogens is 4. The van der Waals surface area contributed by atoms with Gasteiger partial charge < -0.3 is 4.98 Å². The molecular weight excluding hydrogens is 363 g/mol. The molecule has 0 saturated carbocycles. The Morgan fingerprint density at radius 2 is 2.12 bits per heavy atom. The average Bonchev–Trinajstić information content (AvgIpc) is 2.91. The van der Waals surface area contributed by atoms with E-state index in [1.165, 1.54) is 0 Å². The highest BCUT2D eigenvalue weighted by molar-refractivity contribution is 7.99. The van der Waals surface area contributed by atoms with Crippen LogP contribution < -0.4 is 10.4 Å². The molecule has 0 aromatic carbocycles. The zero-order valence-electron chi connectivity index (χ0n) is 12.9. The third-order valence-electron chi connectivity index (χ3n) is 3.55. The highest BCUT2D eigenvalue weighted by atomic mass is 35.5. The topological polar surface area (TPSA) is 56.8 Å². The first-order chi connectivity index (χ1) is 11.3. The van der Waals surface area contributed by atoms with E-state index in [2.05, 4.69) is 20.4 Å². The van der Waals surface area contributed by atoms with E-state index < -0.39 is 12.0 Å². The van der Waals surface area contributed by atoms with Crippen molar-refractivity contribution in [3.05, 3.63) is 28.8 Å². The van der Waals surface area contributed by atoms with Crippen LogP contribution in [0, 0.1) is 0 Å². The van der Waals surface area contributed by atoms with E-state index in [1.54, 1.807) is 22.8 Å². The van der Waals surface area contributed by atoms with Crippen LogP contribution in [0.15, 0.2) is 17.0 Å². The summed E-state index contributed by atoms with van der Waals surface area (Å²) in [7, 11) is 0. The van der Waals surface area contributed by atoms with Gasteiger partial charge in [-0.1, -0.05) is 18.5 Å². The molecule has 1 unspecified atom stereocenters. The van der Waals surface area contributed by atoms with Crippen molar-refractivity contribution in [1.29, 1.82) is 0 Å². The van der Waals surface area contributed by atoms with E-state index in [1.807, 2.05) is 19.9 Å². The fraction of sp³-hybridized carbons (Fsp3) is 0.429. The van der Waals surface area contributed by atoms with Gasteiger partial charge in [0.05, 0.1) is 16.6 Å². The first kappa shape index (κ1) is 17.2. The summed E-state index contributed by atoms with van der Waals surface area (Å²) in [4.78, 5) is 11.2. The molecule has 2 N–H and O–H groups in total. The van der Waals surface area contributed by atoms with Gasteiger partial charge in [0, 0.05) is 6.42 Å². The normalized spacial score (nSPS) is 17.6. The molecule has 130 valence electrons. The Morgan fingerprint density at radius 1 is 1.38 bits per heavy atom. The maximum Gasteiger partial charge on any atom is 0.449 e. The second-order valence-corrected chi connectivity index (χ2v) is 7.03. The van der Waals surface area contributed by atoms with Gasteiger partial charge in [-0.05, 0) is 24.8 Å². The number of aromatic nitrogens is 3. The van der Waals surface area contributed by atoms with E-state index in [9.17, 15) is 13.2 Å². The molecule has 5 nitrogen and oxygen atoms in total. The number of pyridine rings is 1. The highest BCUT2D eigenvalue weighted by Gasteiger charge is 2.38. The van der Waals surface area contributed by atoms with Crippen LogP contribution in [0.25, 0.3) is 0 Å². The molecule has 2 aromatic rings. The monoisotopic (exact) mass is 377 g/mol. The molecule has 0 spiro atoms. The van der Waals surface area contributed by atoms with E-state index in [-0.39, 0.29) is 11.9 Å². The Labute approximate surface area is 146 Å². The van der Waals surface area contributed by atoms with Gasteiger partial charge in [0.2, 0.25) is 5.82 Å². The Kier molecular flexibility index (Phi) is 4.56. The van der Waals surface area contributed by atoms with Crippen molar-refractivity contribution in [2.24, 2.45) is 0 Å². The van der Waals surface area contributed by atoms with Gasteiger partial charge in [0.1, 0.15) is 5.15 Å². The molecule has 10 heteroatoms. The van der Waals surface area contributed by atoms with Crippen molar-refractivity contribution in [1.82, 2.24) is 15.0 Å². The molecule has 0 amide bonds. The molecule has 0 aliphatic carbocycles. The molecule has 1 atom stereocenters. The number of hydrogen-bond acceptors (Lipinski definition) is 5. The highest BCUT2D eigenvalue weighted by Crippen LogP contribution is 2.36. The molecule has 24 heavy (non-hydrogen) atoms. The number of hydrazine groups is 1. The van der Waals surface area contributed by atoms with Crippen LogP contribution >= 0.6 is 23.4 Å². The predicted octanol–water partition coefficient (Wildman–Crippen LogP) is 4.37. The minimum absolute atomic E-state index is 0.124. The van der Waals surface area contributed by atoms with Crippen LogP contribution in [-0.4, -0.2) is 26.7 Å². The van der Waals surface area contributed by atoms with E-state index in [4.69, 9.17) is 11.6 Å². The molecule has 3 heterocycles. The lowest BCUT2D eigenvalue weighted by Crippen LogP contribution is -2.44. The van der Waals surface area contributed by atoms with Gasteiger partial charge in [-0.15, -0.1) is 11.8 Å². The van der Waals surface area contributed by atoms with Crippen molar-refractivity contribution >= 4 is 35.0 Å². The number of rotatable bonds is 3. The SMILES string of the molecule is CCSc1ccc(Cl)nc1N1Nc2nc(C(F)(F)F)[nH]c2CC1C. The second-order valence-electron chi connectivity index (χ2n) is 5.33. The molecule has 3 rings (SSSR count). The van der Waals surface area contributed by atoms with Gasteiger partial charge in [-0.2, -0.15) is 13.2 Å². The summed E-state index contributed by atoms with van der Waals surface area (Å²) >= 11 is 7.59. The first-order valence-electron chi connectivity index (χ1n) is 7.31. The number of fused-ring (bicyclic) bond motifs is 1. The lowest BCUT2D eigenvalue weighted by atomic mass is 10.1. The Hall–Kier alpha value is -1.61. The van der Waals surface area contributed by atoms with E-state index in [0.717, 1.165) is 10.6 Å². The Bertz CT molecular complexity index is 748. The molecule has 1 aliphatic rings. The predicted molar refractivity (Wildman–Crippen MR) is 88.5 cm³/mol. The largest absolute Gasteiger partial charge is 0.449 e. The standard InChI is InChI=1S/C14H15ClF3N5S/c1-3-24-9-4-5-10(15)20-12(9)23-7(2)6-8-11(22-23)21-13(19-8)14(16,17)18/h4-5,7,22H,3,6H2,1-2H3,(H,19,21). The molecule has 2 aromatic heterocycles. The van der Waals surface area contributed by atoms with Gasteiger partial charge in [-0.3, -0.25) is 10.4 Å². The lowest BCUT2D eigenvalue weighted by Gasteiger charge is -2.35. The molecule has 1 aliphatic heterocycles. The smallest absolute Gasteiger partial charge is 0.336 e. The number of H-pyrrole nitrogens is 1. The summed E-state index contributed by atoms with van der Waals surface area (Å²) < 4.78 is 38.5. The van der Waals surface area contributed by atoms with Crippen molar-refractivity contribution in [3.8, 4) is 0 Å². The van der Waals surface area contributed by atoms with Crippen molar-refractivity contribution in [2.75, 3.05) is 16.2 Å². The maximum absolute atomic E-state index is 12.8. The molecule has 0 fully saturated rings. The van der Waals surface area contributed by atoms with Crippen LogP contribution in [0.2, 0.25) is 5.15 Å². The minimum atomic E-state index is -4.51. The van der Waals surface area contributed by atoms with Crippen LogP contribution in [0.1, 0.15) is 25.4 Å². The molecule has 0 bridgehead atoms. The van der Waals surface area contributed by atoms with Gasteiger partial charge >= 0.3 is 6.18 Å². The number of hydrogen-bond donors (Lipinski definition) is 2. The fourth-order valence-corrected chi connectivity index (χ4v) is 3.40. The number of nitrogens with zero attached hydrogens (tertiary/aromatic N) is 3. The number of aromatic amines is 1. The summed E-state index contributed by atoms with van der Waals surface area (Å²) in [6.07, 6.45) is -4.12. The Morgan fingerprint density at radius 3 is 2.79 bits per heavy atom. The number of imidazole rings is 1. The van der Waals surface area contributed by atoms with Crippen LogP contribution in [0.3, 0.4) is 0 Å². The maximum atomic E-state index is 12.8. The van der Waals surface area contributed by atoms with E-state index >= 15 is 0 Å². The van der Waals surface area contributed by atoms with Gasteiger partial charge in [0.25, 0.3) is 0 Å². The van der Waals surface area contributed by atoms with Crippen molar-refractivity contribution < 1.29 is 13.2 Å². The van der Waals surface area contributed by atoms with Gasteiger partial charge in [-0.25, -0.2) is 9.97 Å². The first-order valence-corrected chi connectivity index (χ1v) is 8.67. The minimum Gasteiger partial charge on any atom is -0.336 e. The third-order valence-corrected chi connectivity index (χ3v) is 4.68. The van der Waals surface area contributed by atoms with Crippen LogP contribution in [-0.2, 0) is 12.6 Å². The quantitative estimate of drug-likeness (QED) is 0.614. The fourth-order valence-electron chi connectivity index (χ4n) is 2.51. The van der Waals surface area contributed by atoms with Crippen molar-refractivity contribution in [2.45, 2.75) is 37.4 Å². The van der Waals surface area contributed by atoms with Gasteiger partial charge in [0.15, 0.2) is 11.6 Å². The number of nitrogens with one attached hydrogen (secondary N) is 2. The second kappa shape index (κ2) is 6.36. The third kappa shape index (κ3) is 3.27. The number of anilines is 2. The number of alkyl halides is 3. The zero-order valence-corrected chi connectivity index (χ0v) is 14.5. The van der Waals surface area contributed by atoms with E-state index in [0.29, 0.717) is 23.1 Å². The van der Waals surface area contributed by atoms with Crippen LogP contribution in [0.4, 0.5) is 24.8 Å². The summed E-state index contributed by atoms with van der Waals surface area (Å²) in [5.74, 6) is 0.583. The van der Waals surface area contributed by atoms with Crippen molar-refractivity contribution in [3.63, 3.8) is 0 Å². The number of thioether (sulfide) groups is 1. The lowest BCUT2D eigenvalue weighted by molar-refractivity contribution is -0.144. The summed E-state index contributed by atoms with van der Waals surface area (Å²) in [5.41, 5.74) is 3.37. The molecular formula is C14H15ClF3N5S. The summed E-state index contributed by atoms with van der Waals surface area (Å²) in [5, 5.41) is 2.04. The average molecular weight is 378 g/mol. The zero-order chi connectivity index (χ0) is 17.5. The molecule has 0 radical (unpaired) electrons. The van der Waals surface area contributed by atoms with Crippen LogP contribution in [0.5, 0.6) is 0 Å². The summed E-state index contributed by atoms with van der Waals surface area (Å²) in [6, 6.07) is 3.43. The summed E-state index contributed by atoms with van der Waals surface area (Å²) in [6.45, 7) is 3.91. The molecule has 0 saturated heterocycles.